The average molecular weight is 1100 g/mol. The first-order chi connectivity index (χ1) is 38.6. The SMILES string of the molecule is CC/C=C\C/C=C\C/C=C\C/C=C\C/C=C\C/C=C\C/C=C\C/C=C\C/C=C\C/C=C\CCCCC(=O)NC(COC1OC(CO)C(OC2OC(CO)C(O)C(O)C2O)C(O)C1O)C(O)/C=C/CC/C=C/CC/C=C/CCCC. The zero-order valence-electron chi connectivity index (χ0n) is 47.5. The van der Waals surface area contributed by atoms with E-state index in [1.165, 1.54) is 12.8 Å². The van der Waals surface area contributed by atoms with Crippen LogP contribution in [0.4, 0.5) is 0 Å². The molecular formula is C65H101NO13. The Kier molecular flexibility index (Phi) is 43.3. The van der Waals surface area contributed by atoms with Crippen LogP contribution in [0.3, 0.4) is 0 Å². The molecule has 2 aliphatic rings. The van der Waals surface area contributed by atoms with Crippen LogP contribution in [-0.2, 0) is 23.7 Å². The molecule has 12 atom stereocenters. The number of amides is 1. The van der Waals surface area contributed by atoms with Crippen LogP contribution in [0.5, 0.6) is 0 Å². The molecule has 14 heteroatoms. The van der Waals surface area contributed by atoms with Gasteiger partial charge in [0.25, 0.3) is 0 Å². The number of carbonyl (C=O) groups is 1. The Morgan fingerprint density at radius 1 is 0.468 bits per heavy atom. The highest BCUT2D eigenvalue weighted by molar-refractivity contribution is 5.76. The maximum Gasteiger partial charge on any atom is 0.220 e. The van der Waals surface area contributed by atoms with Crippen LogP contribution in [0.2, 0.25) is 0 Å². The molecule has 0 saturated carbocycles. The number of rotatable bonds is 43. The number of allylic oxidation sites excluding steroid dienone is 25. The largest absolute Gasteiger partial charge is 0.394 e. The van der Waals surface area contributed by atoms with Crippen LogP contribution in [0, 0.1) is 0 Å². The predicted molar refractivity (Wildman–Crippen MR) is 317 cm³/mol. The molecule has 0 aliphatic carbocycles. The summed E-state index contributed by atoms with van der Waals surface area (Å²) in [4.78, 5) is 13.2. The van der Waals surface area contributed by atoms with E-state index in [9.17, 15) is 45.6 Å². The summed E-state index contributed by atoms with van der Waals surface area (Å²) in [5.41, 5.74) is 0. The number of hydrogen-bond acceptors (Lipinski definition) is 13. The maximum atomic E-state index is 13.2. The smallest absolute Gasteiger partial charge is 0.220 e. The fourth-order valence-corrected chi connectivity index (χ4v) is 8.22. The lowest BCUT2D eigenvalue weighted by molar-refractivity contribution is -0.359. The zero-order valence-corrected chi connectivity index (χ0v) is 47.5. The van der Waals surface area contributed by atoms with Gasteiger partial charge in [-0.3, -0.25) is 4.79 Å². The molecular weight excluding hydrogens is 1000 g/mol. The van der Waals surface area contributed by atoms with Crippen LogP contribution in [0.1, 0.15) is 149 Å². The molecule has 79 heavy (non-hydrogen) atoms. The van der Waals surface area contributed by atoms with Crippen molar-refractivity contribution >= 4 is 5.91 Å². The number of nitrogens with one attached hydrogen (secondary N) is 1. The Bertz CT molecular complexity index is 1930. The second-order valence-electron chi connectivity index (χ2n) is 19.7. The lowest BCUT2D eigenvalue weighted by atomic mass is 9.97. The Hall–Kier alpha value is -4.39. The molecule has 2 aliphatic heterocycles. The molecule has 14 nitrogen and oxygen atoms in total. The van der Waals surface area contributed by atoms with Gasteiger partial charge in [-0.05, 0) is 116 Å². The number of ether oxygens (including phenoxy) is 4. The van der Waals surface area contributed by atoms with E-state index in [0.29, 0.717) is 12.8 Å². The minimum Gasteiger partial charge on any atom is -0.394 e. The highest BCUT2D eigenvalue weighted by atomic mass is 16.7. The third-order valence-corrected chi connectivity index (χ3v) is 12.9. The summed E-state index contributed by atoms with van der Waals surface area (Å²) in [5, 5.41) is 86.8. The molecule has 9 N–H and O–H groups in total. The van der Waals surface area contributed by atoms with E-state index < -0.39 is 86.8 Å². The fraction of sp³-hybridized carbons (Fsp3) is 0.585. The number of aliphatic hydroxyl groups excluding tert-OH is 8. The normalized spacial score (nSPS) is 25.6. The van der Waals surface area contributed by atoms with Crippen molar-refractivity contribution < 1.29 is 64.6 Å². The van der Waals surface area contributed by atoms with E-state index >= 15 is 0 Å². The summed E-state index contributed by atoms with van der Waals surface area (Å²) in [5.74, 6) is -0.306. The standard InChI is InChI=1S/C65H101NO13/c1-3-5-7-9-11-13-15-17-18-19-20-21-22-23-24-25-26-27-28-29-30-31-32-33-34-35-36-37-39-41-43-45-47-49-57(70)66-53(54(69)48-46-44-42-40-38-16-14-12-10-8-6-4-2)52-76-64-62(75)60(73)63(56(51-68)78-64)79-65-61(74)59(72)58(71)55(50-67)77-65/h5,7,10-13,17-18,20-21,23-24,26-27,29-30,32-33,35-36,38-41,46,48,53-56,58-65,67-69,71-75H,3-4,6,8-9,14-16,19,22,25,28,31,34,37,42-45,47,49-52H2,1-2H3,(H,66,70)/b7-5-,12-10+,13-11-,18-17-,21-20-,24-23-,27-26-,30-29-,33-32-,36-35-,40-38+,41-39-,48-46+. The van der Waals surface area contributed by atoms with Crippen molar-refractivity contribution in [2.75, 3.05) is 19.8 Å². The van der Waals surface area contributed by atoms with Gasteiger partial charge in [-0.15, -0.1) is 0 Å². The zero-order chi connectivity index (χ0) is 57.4. The van der Waals surface area contributed by atoms with Gasteiger partial charge in [0.15, 0.2) is 12.6 Å². The molecule has 0 aromatic carbocycles. The van der Waals surface area contributed by atoms with E-state index in [2.05, 4.69) is 165 Å². The molecule has 444 valence electrons. The van der Waals surface area contributed by atoms with Crippen molar-refractivity contribution in [1.82, 2.24) is 5.32 Å². The van der Waals surface area contributed by atoms with Gasteiger partial charge in [-0.2, -0.15) is 0 Å². The van der Waals surface area contributed by atoms with Gasteiger partial charge in [-0.1, -0.05) is 185 Å². The minimum atomic E-state index is -1.80. The van der Waals surface area contributed by atoms with Crippen LogP contribution < -0.4 is 5.32 Å². The lowest BCUT2D eigenvalue weighted by Gasteiger charge is -2.46. The van der Waals surface area contributed by atoms with Gasteiger partial charge in [0.2, 0.25) is 5.91 Å². The summed E-state index contributed by atoms with van der Waals surface area (Å²) in [6, 6.07) is -0.973. The third-order valence-electron chi connectivity index (χ3n) is 12.9. The molecule has 2 heterocycles. The monoisotopic (exact) mass is 1100 g/mol. The van der Waals surface area contributed by atoms with Gasteiger partial charge in [-0.25, -0.2) is 0 Å². The van der Waals surface area contributed by atoms with Crippen LogP contribution in [-0.4, -0.2) is 140 Å². The second kappa shape index (κ2) is 48.3. The summed E-state index contributed by atoms with van der Waals surface area (Å²) >= 11 is 0. The quantitative estimate of drug-likeness (QED) is 0.0205. The van der Waals surface area contributed by atoms with Crippen molar-refractivity contribution in [3.05, 3.63) is 158 Å². The molecule has 2 fully saturated rings. The van der Waals surface area contributed by atoms with Crippen molar-refractivity contribution in [1.29, 1.82) is 0 Å². The Morgan fingerprint density at radius 2 is 0.873 bits per heavy atom. The minimum absolute atomic E-state index is 0.203. The second-order valence-corrected chi connectivity index (χ2v) is 19.7. The maximum absolute atomic E-state index is 13.2. The Labute approximate surface area is 474 Å². The van der Waals surface area contributed by atoms with E-state index in [1.54, 1.807) is 6.08 Å². The highest BCUT2D eigenvalue weighted by Gasteiger charge is 2.51. The topological polar surface area (TPSA) is 228 Å². The third kappa shape index (κ3) is 33.8. The molecule has 2 rings (SSSR count). The van der Waals surface area contributed by atoms with Crippen LogP contribution in [0.15, 0.2) is 158 Å². The Morgan fingerprint density at radius 3 is 1.34 bits per heavy atom. The average Bonchev–Trinajstić information content (AvgIpc) is 3.49. The van der Waals surface area contributed by atoms with Crippen molar-refractivity contribution in [3.8, 4) is 0 Å². The molecule has 0 bridgehead atoms. The Balaban J connectivity index is 1.75. The van der Waals surface area contributed by atoms with Gasteiger partial charge >= 0.3 is 0 Å². The van der Waals surface area contributed by atoms with Crippen molar-refractivity contribution in [3.63, 3.8) is 0 Å². The summed E-state index contributed by atoms with van der Waals surface area (Å²) < 4.78 is 22.7. The molecule has 0 aromatic heterocycles. The molecule has 0 radical (unpaired) electrons. The van der Waals surface area contributed by atoms with Crippen molar-refractivity contribution in [2.24, 2.45) is 0 Å². The molecule has 2 saturated heterocycles. The summed E-state index contributed by atoms with van der Waals surface area (Å²) in [6.45, 7) is 2.53. The first-order valence-corrected chi connectivity index (χ1v) is 29.2. The highest BCUT2D eigenvalue weighted by Crippen LogP contribution is 2.30. The number of unbranched alkanes of at least 4 members (excludes halogenated alkanes) is 6. The van der Waals surface area contributed by atoms with Crippen LogP contribution in [0.25, 0.3) is 0 Å². The van der Waals surface area contributed by atoms with Gasteiger partial charge in [0.1, 0.15) is 48.8 Å². The van der Waals surface area contributed by atoms with E-state index in [0.717, 1.165) is 103 Å². The number of carbonyl (C=O) groups excluding carboxylic acids is 1. The molecule has 0 aromatic rings. The molecule has 1 amide bonds. The van der Waals surface area contributed by atoms with Gasteiger partial charge < -0.3 is 65.1 Å². The summed E-state index contributed by atoms with van der Waals surface area (Å²) in [6.07, 6.45) is 57.2. The lowest BCUT2D eigenvalue weighted by Crippen LogP contribution is -2.65. The number of aliphatic hydroxyl groups is 8. The first kappa shape index (κ1) is 70.7. The van der Waals surface area contributed by atoms with Crippen LogP contribution >= 0.6 is 0 Å². The van der Waals surface area contributed by atoms with E-state index in [1.807, 2.05) is 6.08 Å². The van der Waals surface area contributed by atoms with E-state index in [4.69, 9.17) is 18.9 Å². The fourth-order valence-electron chi connectivity index (χ4n) is 8.22. The number of hydrogen-bond donors (Lipinski definition) is 9. The van der Waals surface area contributed by atoms with Gasteiger partial charge in [0.05, 0.1) is 32.0 Å². The first-order valence-electron chi connectivity index (χ1n) is 29.2. The molecule has 12 unspecified atom stereocenters. The predicted octanol–water partition coefficient (Wildman–Crippen LogP) is 9.94. The van der Waals surface area contributed by atoms with Gasteiger partial charge in [0, 0.05) is 6.42 Å². The molecule has 0 spiro atoms. The van der Waals surface area contributed by atoms with E-state index in [-0.39, 0.29) is 18.9 Å². The summed E-state index contributed by atoms with van der Waals surface area (Å²) in [7, 11) is 0. The van der Waals surface area contributed by atoms with Crippen molar-refractivity contribution in [2.45, 2.75) is 222 Å².